The van der Waals surface area contributed by atoms with E-state index < -0.39 is 0 Å². The van der Waals surface area contributed by atoms with E-state index in [1.807, 2.05) is 0 Å². The first kappa shape index (κ1) is 20.3. The second-order valence-corrected chi connectivity index (χ2v) is 8.83. The quantitative estimate of drug-likeness (QED) is 0.354. The van der Waals surface area contributed by atoms with E-state index in [4.69, 9.17) is 4.74 Å². The van der Waals surface area contributed by atoms with E-state index in [9.17, 15) is 0 Å². The van der Waals surface area contributed by atoms with Crippen molar-refractivity contribution in [1.29, 1.82) is 0 Å². The fourth-order valence-electron chi connectivity index (χ4n) is 5.01. The van der Waals surface area contributed by atoms with Crippen molar-refractivity contribution in [2.75, 3.05) is 6.61 Å². The van der Waals surface area contributed by atoms with Gasteiger partial charge in [0.25, 0.3) is 0 Å². The second kappa shape index (κ2) is 12.3. The summed E-state index contributed by atoms with van der Waals surface area (Å²) in [7, 11) is 0. The van der Waals surface area contributed by atoms with Crippen LogP contribution in [0.3, 0.4) is 0 Å². The molecular weight excluding hydrogens is 292 g/mol. The highest BCUT2D eigenvalue weighted by Crippen LogP contribution is 2.37. The zero-order valence-corrected chi connectivity index (χ0v) is 16.7. The first-order valence-corrected chi connectivity index (χ1v) is 11.4. The van der Waals surface area contributed by atoms with Crippen LogP contribution in [0.1, 0.15) is 117 Å². The van der Waals surface area contributed by atoms with Gasteiger partial charge >= 0.3 is 0 Å². The maximum atomic E-state index is 5.93. The summed E-state index contributed by atoms with van der Waals surface area (Å²) in [6.07, 6.45) is 23.8. The van der Waals surface area contributed by atoms with Crippen molar-refractivity contribution in [1.82, 2.24) is 0 Å². The van der Waals surface area contributed by atoms with Crippen molar-refractivity contribution in [2.24, 2.45) is 17.8 Å². The molecule has 2 fully saturated rings. The van der Waals surface area contributed by atoms with E-state index in [2.05, 4.69) is 13.8 Å². The molecule has 0 radical (unpaired) electrons. The number of ether oxygens (including phenoxy) is 1. The Morgan fingerprint density at radius 1 is 0.583 bits per heavy atom. The van der Waals surface area contributed by atoms with Gasteiger partial charge in [-0.2, -0.15) is 0 Å². The molecule has 1 heteroatoms. The molecule has 0 aliphatic heterocycles. The largest absolute Gasteiger partial charge is 0.378 e. The van der Waals surface area contributed by atoms with E-state index >= 15 is 0 Å². The van der Waals surface area contributed by atoms with Gasteiger partial charge in [0, 0.05) is 6.61 Å². The minimum atomic E-state index is 0.587. The van der Waals surface area contributed by atoms with Crippen LogP contribution in [0.4, 0.5) is 0 Å². The van der Waals surface area contributed by atoms with E-state index in [0.29, 0.717) is 6.10 Å². The molecule has 24 heavy (non-hydrogen) atoms. The van der Waals surface area contributed by atoms with E-state index in [1.165, 1.54) is 103 Å². The van der Waals surface area contributed by atoms with E-state index in [0.717, 1.165) is 24.4 Å². The molecule has 2 rings (SSSR count). The number of hydrogen-bond donors (Lipinski definition) is 0. The maximum Gasteiger partial charge on any atom is 0.0575 e. The maximum absolute atomic E-state index is 5.93. The third-order valence-electron chi connectivity index (χ3n) is 6.77. The molecule has 142 valence electrons. The molecule has 2 aliphatic rings. The molecule has 0 heterocycles. The van der Waals surface area contributed by atoms with Crippen molar-refractivity contribution in [2.45, 2.75) is 123 Å². The first-order valence-electron chi connectivity index (χ1n) is 11.4. The number of rotatable bonds is 11. The molecular formula is C23H44O. The van der Waals surface area contributed by atoms with Gasteiger partial charge in [-0.25, -0.2) is 0 Å². The predicted molar refractivity (Wildman–Crippen MR) is 105 cm³/mol. The summed E-state index contributed by atoms with van der Waals surface area (Å²) >= 11 is 0. The van der Waals surface area contributed by atoms with Gasteiger partial charge in [-0.05, 0) is 49.9 Å². The summed E-state index contributed by atoms with van der Waals surface area (Å²) in [5.41, 5.74) is 0. The molecule has 0 aromatic heterocycles. The molecule has 1 nitrogen and oxygen atoms in total. The molecule has 0 bridgehead atoms. The van der Waals surface area contributed by atoms with Crippen LogP contribution in [-0.4, -0.2) is 12.7 Å². The summed E-state index contributed by atoms with van der Waals surface area (Å²) in [6, 6.07) is 0. The van der Waals surface area contributed by atoms with Gasteiger partial charge in [0.15, 0.2) is 0 Å². The van der Waals surface area contributed by atoms with Gasteiger partial charge in [-0.3, -0.25) is 0 Å². The van der Waals surface area contributed by atoms with Crippen LogP contribution in [0.25, 0.3) is 0 Å². The second-order valence-electron chi connectivity index (χ2n) is 8.83. The zero-order valence-electron chi connectivity index (χ0n) is 16.7. The van der Waals surface area contributed by atoms with Crippen LogP contribution in [0.2, 0.25) is 0 Å². The van der Waals surface area contributed by atoms with Crippen LogP contribution in [-0.2, 0) is 4.74 Å². The van der Waals surface area contributed by atoms with Gasteiger partial charge in [0.05, 0.1) is 6.10 Å². The van der Waals surface area contributed by atoms with E-state index in [1.54, 1.807) is 0 Å². The molecule has 2 saturated carbocycles. The van der Waals surface area contributed by atoms with Crippen molar-refractivity contribution >= 4 is 0 Å². The van der Waals surface area contributed by atoms with Crippen molar-refractivity contribution < 1.29 is 4.74 Å². The third-order valence-corrected chi connectivity index (χ3v) is 6.77. The number of hydrogen-bond acceptors (Lipinski definition) is 1. The van der Waals surface area contributed by atoms with Crippen LogP contribution in [0.5, 0.6) is 0 Å². The van der Waals surface area contributed by atoms with E-state index in [-0.39, 0.29) is 0 Å². The summed E-state index contributed by atoms with van der Waals surface area (Å²) in [5.74, 6) is 3.15. The highest BCUT2D eigenvalue weighted by atomic mass is 16.5. The van der Waals surface area contributed by atoms with Crippen molar-refractivity contribution in [3.05, 3.63) is 0 Å². The van der Waals surface area contributed by atoms with Crippen LogP contribution in [0, 0.1) is 17.8 Å². The van der Waals surface area contributed by atoms with Gasteiger partial charge in [-0.15, -0.1) is 0 Å². The van der Waals surface area contributed by atoms with Crippen molar-refractivity contribution in [3.8, 4) is 0 Å². The standard InChI is InChI=1S/C23H44O/c1-3-5-6-7-8-20-9-11-21(12-10-20)13-14-22-15-17-23(18-16-22)24-19-4-2/h20-23H,3-19H2,1-2H3. The monoisotopic (exact) mass is 336 g/mol. The molecule has 0 aromatic rings. The van der Waals surface area contributed by atoms with Gasteiger partial charge in [0.2, 0.25) is 0 Å². The summed E-state index contributed by atoms with van der Waals surface area (Å²) in [5, 5.41) is 0. The summed E-state index contributed by atoms with van der Waals surface area (Å²) < 4.78 is 5.93. The Balaban J connectivity index is 1.49. The Labute approximate surface area is 152 Å². The minimum Gasteiger partial charge on any atom is -0.378 e. The molecule has 0 atom stereocenters. The average molecular weight is 337 g/mol. The Hall–Kier alpha value is -0.0400. The molecule has 0 N–H and O–H groups in total. The Bertz CT molecular complexity index is 284. The smallest absolute Gasteiger partial charge is 0.0575 e. The Kier molecular flexibility index (Phi) is 10.4. The topological polar surface area (TPSA) is 9.23 Å². The Morgan fingerprint density at radius 2 is 1.12 bits per heavy atom. The molecule has 0 amide bonds. The van der Waals surface area contributed by atoms with Crippen LogP contribution < -0.4 is 0 Å². The van der Waals surface area contributed by atoms with Crippen LogP contribution in [0.15, 0.2) is 0 Å². The highest BCUT2D eigenvalue weighted by Gasteiger charge is 2.24. The van der Waals surface area contributed by atoms with Gasteiger partial charge in [-0.1, -0.05) is 84.5 Å². The number of unbranched alkanes of at least 4 members (excludes halogenated alkanes) is 3. The molecule has 0 spiro atoms. The summed E-state index contributed by atoms with van der Waals surface area (Å²) in [6.45, 7) is 5.50. The Morgan fingerprint density at radius 3 is 1.67 bits per heavy atom. The van der Waals surface area contributed by atoms with Crippen LogP contribution >= 0.6 is 0 Å². The first-order chi connectivity index (χ1) is 11.8. The predicted octanol–water partition coefficient (Wildman–Crippen LogP) is 7.53. The fraction of sp³-hybridized carbons (Fsp3) is 1.00. The third kappa shape index (κ3) is 7.89. The fourth-order valence-corrected chi connectivity index (χ4v) is 5.01. The normalized spacial score (nSPS) is 31.2. The zero-order chi connectivity index (χ0) is 17.0. The lowest BCUT2D eigenvalue weighted by molar-refractivity contribution is 0.0167. The lowest BCUT2D eigenvalue weighted by Crippen LogP contribution is -2.23. The molecule has 0 aromatic carbocycles. The molecule has 0 unspecified atom stereocenters. The SMILES string of the molecule is CCCCCCC1CCC(CCC2CCC(OCCC)CC2)CC1. The highest BCUT2D eigenvalue weighted by molar-refractivity contribution is 4.77. The lowest BCUT2D eigenvalue weighted by Gasteiger charge is -2.32. The summed E-state index contributed by atoms with van der Waals surface area (Å²) in [4.78, 5) is 0. The molecule has 2 aliphatic carbocycles. The average Bonchev–Trinajstić information content (AvgIpc) is 2.64. The lowest BCUT2D eigenvalue weighted by atomic mass is 9.76. The minimum absolute atomic E-state index is 0.587. The molecule has 0 saturated heterocycles. The van der Waals surface area contributed by atoms with Gasteiger partial charge < -0.3 is 4.74 Å². The van der Waals surface area contributed by atoms with Gasteiger partial charge in [0.1, 0.15) is 0 Å². The van der Waals surface area contributed by atoms with Crippen molar-refractivity contribution in [3.63, 3.8) is 0 Å².